The Hall–Kier alpha value is -2.48. The third-order valence-electron chi connectivity index (χ3n) is 4.36. The smallest absolute Gasteiger partial charge is 0.235 e. The molecule has 1 aromatic heterocycles. The summed E-state index contributed by atoms with van der Waals surface area (Å²) in [5.41, 5.74) is 1.22. The lowest BCUT2D eigenvalue weighted by molar-refractivity contribution is 0.317. The van der Waals surface area contributed by atoms with Crippen LogP contribution in [0.1, 0.15) is 38.8 Å². The van der Waals surface area contributed by atoms with Crippen LogP contribution in [-0.2, 0) is 0 Å². The molecule has 1 aliphatic heterocycles. The highest BCUT2D eigenvalue weighted by atomic mass is 16.5. The van der Waals surface area contributed by atoms with Crippen LogP contribution >= 0.6 is 0 Å². The van der Waals surface area contributed by atoms with Gasteiger partial charge in [-0.1, -0.05) is 13.8 Å². The van der Waals surface area contributed by atoms with Crippen molar-refractivity contribution in [3.8, 4) is 23.3 Å². The molecule has 0 unspecified atom stereocenters. The first kappa shape index (κ1) is 16.4. The number of oxazole rings is 1. The molecule has 1 saturated heterocycles. The lowest BCUT2D eigenvalue weighted by atomic mass is 9.99. The van der Waals surface area contributed by atoms with Crippen LogP contribution in [0.3, 0.4) is 0 Å². The van der Waals surface area contributed by atoms with E-state index in [1.54, 1.807) is 0 Å². The van der Waals surface area contributed by atoms with Gasteiger partial charge in [-0.25, -0.2) is 0 Å². The number of nitrogens with zero attached hydrogens (tertiary/aromatic N) is 3. The molecule has 24 heavy (non-hydrogen) atoms. The van der Waals surface area contributed by atoms with Crippen molar-refractivity contribution in [1.29, 1.82) is 5.26 Å². The van der Waals surface area contributed by atoms with Crippen molar-refractivity contribution in [2.45, 2.75) is 33.1 Å². The largest absolute Gasteiger partial charge is 0.494 e. The Morgan fingerprint density at radius 2 is 2.00 bits per heavy atom. The fourth-order valence-electron chi connectivity index (χ4n) is 2.85. The summed E-state index contributed by atoms with van der Waals surface area (Å²) in [7, 11) is 0. The molecule has 5 heteroatoms. The van der Waals surface area contributed by atoms with E-state index in [1.807, 2.05) is 24.3 Å². The minimum Gasteiger partial charge on any atom is -0.494 e. The molecule has 0 N–H and O–H groups in total. The second-order valence-electron chi connectivity index (χ2n) is 6.33. The van der Waals surface area contributed by atoms with Crippen molar-refractivity contribution < 1.29 is 9.15 Å². The summed E-state index contributed by atoms with van der Waals surface area (Å²) in [4.78, 5) is 6.51. The first-order chi connectivity index (χ1) is 11.7. The quantitative estimate of drug-likeness (QED) is 0.823. The van der Waals surface area contributed by atoms with Crippen LogP contribution in [0.2, 0.25) is 0 Å². The molecular formula is C19H23N3O2. The van der Waals surface area contributed by atoms with Crippen LogP contribution in [0.15, 0.2) is 28.7 Å². The molecule has 5 nitrogen and oxygen atoms in total. The van der Waals surface area contributed by atoms with Crippen molar-refractivity contribution in [3.63, 3.8) is 0 Å². The van der Waals surface area contributed by atoms with Gasteiger partial charge in [0, 0.05) is 18.7 Å². The first-order valence-corrected chi connectivity index (χ1v) is 8.60. The summed E-state index contributed by atoms with van der Waals surface area (Å²) in [6.07, 6.45) is 3.21. The molecule has 0 saturated carbocycles. The summed E-state index contributed by atoms with van der Waals surface area (Å²) in [5, 5.41) is 9.38. The number of piperidine rings is 1. The highest BCUT2D eigenvalue weighted by Crippen LogP contribution is 2.31. The fourth-order valence-corrected chi connectivity index (χ4v) is 2.85. The summed E-state index contributed by atoms with van der Waals surface area (Å²) in [6, 6.07) is 9.81. The number of hydrogen-bond acceptors (Lipinski definition) is 5. The maximum Gasteiger partial charge on any atom is 0.235 e. The highest BCUT2D eigenvalue weighted by Gasteiger charge is 2.24. The zero-order valence-corrected chi connectivity index (χ0v) is 14.3. The number of hydrogen-bond donors (Lipinski definition) is 0. The van der Waals surface area contributed by atoms with Crippen molar-refractivity contribution >= 4 is 5.88 Å². The fraction of sp³-hybridized carbons (Fsp3) is 0.474. The van der Waals surface area contributed by atoms with E-state index < -0.39 is 0 Å². The van der Waals surface area contributed by atoms with E-state index in [2.05, 4.69) is 29.8 Å². The lowest BCUT2D eigenvalue weighted by Gasteiger charge is -2.29. The van der Waals surface area contributed by atoms with Gasteiger partial charge in [0.25, 0.3) is 0 Å². The number of anilines is 1. The van der Waals surface area contributed by atoms with Crippen LogP contribution in [0, 0.1) is 17.2 Å². The van der Waals surface area contributed by atoms with Crippen LogP contribution in [0.25, 0.3) is 11.5 Å². The van der Waals surface area contributed by atoms with Crippen LogP contribution < -0.4 is 9.64 Å². The van der Waals surface area contributed by atoms with E-state index in [9.17, 15) is 5.26 Å². The van der Waals surface area contributed by atoms with Gasteiger partial charge in [-0.2, -0.15) is 10.2 Å². The van der Waals surface area contributed by atoms with Crippen molar-refractivity contribution in [1.82, 2.24) is 4.98 Å². The Bertz CT molecular complexity index is 707. The SMILES string of the molecule is CCCOc1ccc(-c2nc(C#N)c(N3CCC(C)CC3)o2)cc1. The molecule has 1 fully saturated rings. The molecule has 3 rings (SSSR count). The molecule has 126 valence electrons. The van der Waals surface area contributed by atoms with E-state index >= 15 is 0 Å². The summed E-state index contributed by atoms with van der Waals surface area (Å²) in [5.74, 6) is 2.65. The maximum atomic E-state index is 9.38. The minimum atomic E-state index is 0.367. The van der Waals surface area contributed by atoms with Crippen molar-refractivity contribution in [2.75, 3.05) is 24.6 Å². The average Bonchev–Trinajstić information content (AvgIpc) is 3.05. The summed E-state index contributed by atoms with van der Waals surface area (Å²) < 4.78 is 11.5. The Morgan fingerprint density at radius 1 is 1.29 bits per heavy atom. The highest BCUT2D eigenvalue weighted by molar-refractivity contribution is 5.60. The van der Waals surface area contributed by atoms with Gasteiger partial charge in [-0.05, 0) is 49.4 Å². The van der Waals surface area contributed by atoms with E-state index in [4.69, 9.17) is 9.15 Å². The Kier molecular flexibility index (Phi) is 5.05. The first-order valence-electron chi connectivity index (χ1n) is 8.60. The summed E-state index contributed by atoms with van der Waals surface area (Å²) in [6.45, 7) is 6.86. The molecule has 0 amide bonds. The number of ether oxygens (including phenoxy) is 1. The van der Waals surface area contributed by atoms with E-state index in [0.29, 0.717) is 24.1 Å². The second kappa shape index (κ2) is 7.39. The lowest BCUT2D eigenvalue weighted by Crippen LogP contribution is -2.32. The molecular weight excluding hydrogens is 302 g/mol. The van der Waals surface area contributed by atoms with Gasteiger partial charge in [0.05, 0.1) is 6.61 Å². The zero-order valence-electron chi connectivity index (χ0n) is 14.3. The second-order valence-corrected chi connectivity index (χ2v) is 6.33. The van der Waals surface area contributed by atoms with Gasteiger partial charge in [0.15, 0.2) is 0 Å². The molecule has 1 aromatic carbocycles. The molecule has 1 aliphatic rings. The number of aromatic nitrogens is 1. The van der Waals surface area contributed by atoms with Gasteiger partial charge in [0.1, 0.15) is 11.8 Å². The minimum absolute atomic E-state index is 0.367. The van der Waals surface area contributed by atoms with Crippen LogP contribution in [0.5, 0.6) is 5.75 Å². The molecule has 0 spiro atoms. The molecule has 2 aromatic rings. The van der Waals surface area contributed by atoms with Gasteiger partial charge in [0.2, 0.25) is 17.5 Å². The zero-order chi connectivity index (χ0) is 16.9. The van der Waals surface area contributed by atoms with Crippen molar-refractivity contribution in [2.24, 2.45) is 5.92 Å². The normalized spacial score (nSPS) is 15.3. The number of rotatable bonds is 5. The predicted octanol–water partition coefficient (Wildman–Crippen LogP) is 4.24. The molecule has 0 atom stereocenters. The Morgan fingerprint density at radius 3 is 2.62 bits per heavy atom. The van der Waals surface area contributed by atoms with Crippen LogP contribution in [0.4, 0.5) is 5.88 Å². The topological polar surface area (TPSA) is 62.3 Å². The van der Waals surface area contributed by atoms with E-state index in [0.717, 1.165) is 49.6 Å². The third kappa shape index (κ3) is 3.53. The monoisotopic (exact) mass is 325 g/mol. The maximum absolute atomic E-state index is 9.38. The predicted molar refractivity (Wildman–Crippen MR) is 93.1 cm³/mol. The van der Waals surface area contributed by atoms with E-state index in [-0.39, 0.29) is 0 Å². The van der Waals surface area contributed by atoms with Gasteiger partial charge >= 0.3 is 0 Å². The molecule has 0 radical (unpaired) electrons. The molecule has 2 heterocycles. The van der Waals surface area contributed by atoms with Gasteiger partial charge in [-0.3, -0.25) is 0 Å². The van der Waals surface area contributed by atoms with Crippen molar-refractivity contribution in [3.05, 3.63) is 30.0 Å². The third-order valence-corrected chi connectivity index (χ3v) is 4.36. The molecule has 0 aliphatic carbocycles. The number of nitriles is 1. The number of benzene rings is 1. The Labute approximate surface area is 142 Å². The average molecular weight is 325 g/mol. The van der Waals surface area contributed by atoms with Crippen LogP contribution in [-0.4, -0.2) is 24.7 Å². The van der Waals surface area contributed by atoms with E-state index in [1.165, 1.54) is 0 Å². The van der Waals surface area contributed by atoms with Gasteiger partial charge in [-0.15, -0.1) is 0 Å². The standard InChI is InChI=1S/C19H23N3O2/c1-3-12-23-16-6-4-15(5-7-16)18-21-17(13-20)19(24-18)22-10-8-14(2)9-11-22/h4-7,14H,3,8-12H2,1-2H3. The Balaban J connectivity index is 1.80. The molecule has 0 bridgehead atoms. The summed E-state index contributed by atoms with van der Waals surface area (Å²) >= 11 is 0. The van der Waals surface area contributed by atoms with Gasteiger partial charge < -0.3 is 14.1 Å².